The highest BCUT2D eigenvalue weighted by molar-refractivity contribution is 9.10. The van der Waals surface area contributed by atoms with Gasteiger partial charge in [-0.25, -0.2) is 15.2 Å². The summed E-state index contributed by atoms with van der Waals surface area (Å²) in [6.45, 7) is 1.05. The van der Waals surface area contributed by atoms with Gasteiger partial charge in [0.2, 0.25) is 0 Å². The van der Waals surface area contributed by atoms with E-state index in [-0.39, 0.29) is 6.61 Å². The van der Waals surface area contributed by atoms with Gasteiger partial charge in [0.25, 0.3) is 5.91 Å². The van der Waals surface area contributed by atoms with E-state index in [4.69, 9.17) is 4.74 Å². The van der Waals surface area contributed by atoms with Crippen molar-refractivity contribution < 1.29 is 14.3 Å². The van der Waals surface area contributed by atoms with E-state index in [0.717, 1.165) is 17.4 Å². The number of carbonyl (C=O) groups is 2. The van der Waals surface area contributed by atoms with Crippen LogP contribution in [0.5, 0.6) is 5.75 Å². The molecule has 128 valence electrons. The van der Waals surface area contributed by atoms with E-state index >= 15 is 0 Å². The summed E-state index contributed by atoms with van der Waals surface area (Å²) in [5.41, 5.74) is 4.53. The van der Waals surface area contributed by atoms with Crippen LogP contribution < -0.4 is 20.9 Å². The third-order valence-electron chi connectivity index (χ3n) is 2.94. The van der Waals surface area contributed by atoms with Gasteiger partial charge in [0.15, 0.2) is 6.61 Å². The Hall–Kier alpha value is -2.55. The molecule has 0 fully saturated rings. The quantitative estimate of drug-likeness (QED) is 0.488. The van der Waals surface area contributed by atoms with Crippen molar-refractivity contribution in [1.82, 2.24) is 25.7 Å². The number of urea groups is 1. The van der Waals surface area contributed by atoms with Crippen molar-refractivity contribution in [3.05, 3.63) is 47.5 Å². The molecule has 0 radical (unpaired) electrons. The van der Waals surface area contributed by atoms with Crippen molar-refractivity contribution in [2.75, 3.05) is 13.2 Å². The van der Waals surface area contributed by atoms with E-state index in [1.54, 1.807) is 24.7 Å². The molecule has 9 heteroatoms. The predicted octanol–water partition coefficient (Wildman–Crippen LogP) is 1.45. The van der Waals surface area contributed by atoms with Crippen LogP contribution in [-0.4, -0.2) is 34.6 Å². The molecule has 0 unspecified atom stereocenters. The highest BCUT2D eigenvalue weighted by Crippen LogP contribution is 2.15. The molecule has 2 aromatic rings. The van der Waals surface area contributed by atoms with Crippen LogP contribution in [0.15, 0.2) is 47.5 Å². The zero-order valence-corrected chi connectivity index (χ0v) is 14.5. The molecule has 0 aliphatic rings. The molecular weight excluding hydrogens is 378 g/mol. The number of aromatic nitrogens is 2. The summed E-state index contributed by atoms with van der Waals surface area (Å²) in [5, 5.41) is 2.64. The minimum Gasteiger partial charge on any atom is -0.484 e. The van der Waals surface area contributed by atoms with Crippen LogP contribution in [0.4, 0.5) is 4.79 Å². The summed E-state index contributed by atoms with van der Waals surface area (Å²) in [6.07, 6.45) is 6.02. The van der Waals surface area contributed by atoms with Crippen molar-refractivity contribution in [1.29, 1.82) is 0 Å². The molecule has 2 rings (SSSR count). The second-order valence-corrected chi connectivity index (χ2v) is 5.74. The Morgan fingerprint density at radius 2 is 2.00 bits per heavy atom. The van der Waals surface area contributed by atoms with Crippen molar-refractivity contribution in [3.63, 3.8) is 0 Å². The van der Waals surface area contributed by atoms with Crippen molar-refractivity contribution in [2.45, 2.75) is 13.0 Å². The molecule has 0 saturated heterocycles. The first kappa shape index (κ1) is 17.8. The summed E-state index contributed by atoms with van der Waals surface area (Å²) in [5.74, 6) is 0.115. The van der Waals surface area contributed by atoms with Gasteiger partial charge in [0, 0.05) is 30.0 Å². The number of carbonyl (C=O) groups excluding carboxylic acids is 2. The number of ether oxygens (including phenoxy) is 1. The lowest BCUT2D eigenvalue weighted by molar-refractivity contribution is -0.123. The minimum absolute atomic E-state index is 0.192. The number of halogens is 1. The SMILES string of the molecule is O=C(COc1ccc(Br)cc1)NNC(=O)NCCCn1ccnc1. The lowest BCUT2D eigenvalue weighted by atomic mass is 10.3. The molecule has 0 saturated carbocycles. The summed E-state index contributed by atoms with van der Waals surface area (Å²) in [6, 6.07) is 6.61. The number of amides is 3. The summed E-state index contributed by atoms with van der Waals surface area (Å²) < 4.78 is 8.12. The number of imidazole rings is 1. The first-order valence-electron chi connectivity index (χ1n) is 7.30. The molecule has 8 nitrogen and oxygen atoms in total. The predicted molar refractivity (Wildman–Crippen MR) is 91.2 cm³/mol. The molecule has 0 spiro atoms. The third-order valence-corrected chi connectivity index (χ3v) is 3.47. The average molecular weight is 396 g/mol. The topological polar surface area (TPSA) is 97.3 Å². The smallest absolute Gasteiger partial charge is 0.333 e. The van der Waals surface area contributed by atoms with Crippen LogP contribution >= 0.6 is 15.9 Å². The molecule has 0 aliphatic carbocycles. The third kappa shape index (κ3) is 6.69. The molecule has 0 aliphatic heterocycles. The maximum absolute atomic E-state index is 11.6. The summed E-state index contributed by atoms with van der Waals surface area (Å²) in [4.78, 5) is 27.0. The van der Waals surface area contributed by atoms with E-state index in [0.29, 0.717) is 12.3 Å². The van der Waals surface area contributed by atoms with Gasteiger partial charge in [0.05, 0.1) is 6.33 Å². The number of hydrazine groups is 1. The molecule has 3 N–H and O–H groups in total. The molecule has 24 heavy (non-hydrogen) atoms. The summed E-state index contributed by atoms with van der Waals surface area (Å²) in [7, 11) is 0. The fraction of sp³-hybridized carbons (Fsp3) is 0.267. The molecule has 3 amide bonds. The second-order valence-electron chi connectivity index (χ2n) is 4.83. The molecular formula is C15H18BrN5O3. The lowest BCUT2D eigenvalue weighted by Crippen LogP contribution is -2.48. The monoisotopic (exact) mass is 395 g/mol. The molecule has 1 heterocycles. The van der Waals surface area contributed by atoms with Crippen LogP contribution in [0.2, 0.25) is 0 Å². The Labute approximate surface area is 147 Å². The molecule has 0 atom stereocenters. The van der Waals surface area contributed by atoms with Gasteiger partial charge >= 0.3 is 6.03 Å². The van der Waals surface area contributed by atoms with Gasteiger partial charge < -0.3 is 14.6 Å². The Balaban J connectivity index is 1.54. The zero-order valence-electron chi connectivity index (χ0n) is 12.9. The number of nitrogens with one attached hydrogen (secondary N) is 3. The fourth-order valence-electron chi connectivity index (χ4n) is 1.77. The number of rotatable bonds is 7. The van der Waals surface area contributed by atoms with Gasteiger partial charge in [-0.05, 0) is 30.7 Å². The molecule has 1 aromatic carbocycles. The van der Waals surface area contributed by atoms with E-state index in [2.05, 4.69) is 37.1 Å². The number of benzene rings is 1. The van der Waals surface area contributed by atoms with Gasteiger partial charge in [-0.2, -0.15) is 0 Å². The Bertz CT molecular complexity index is 646. The summed E-state index contributed by atoms with van der Waals surface area (Å²) >= 11 is 3.31. The minimum atomic E-state index is -0.474. The highest BCUT2D eigenvalue weighted by atomic mass is 79.9. The van der Waals surface area contributed by atoms with Crippen LogP contribution in [0.25, 0.3) is 0 Å². The number of hydrogen-bond donors (Lipinski definition) is 3. The lowest BCUT2D eigenvalue weighted by Gasteiger charge is -2.10. The number of aryl methyl sites for hydroxylation is 1. The van der Waals surface area contributed by atoms with E-state index in [9.17, 15) is 9.59 Å². The van der Waals surface area contributed by atoms with Gasteiger partial charge in [-0.3, -0.25) is 10.2 Å². The van der Waals surface area contributed by atoms with Gasteiger partial charge in [-0.1, -0.05) is 15.9 Å². The first-order valence-corrected chi connectivity index (χ1v) is 8.09. The van der Waals surface area contributed by atoms with E-state index in [1.165, 1.54) is 0 Å². The van der Waals surface area contributed by atoms with Gasteiger partial charge in [0.1, 0.15) is 5.75 Å². The zero-order chi connectivity index (χ0) is 17.2. The second kappa shape index (κ2) is 9.56. The Morgan fingerprint density at radius 3 is 2.71 bits per heavy atom. The van der Waals surface area contributed by atoms with Gasteiger partial charge in [-0.15, -0.1) is 0 Å². The van der Waals surface area contributed by atoms with Crippen molar-refractivity contribution in [2.24, 2.45) is 0 Å². The normalized spacial score (nSPS) is 10.0. The first-order chi connectivity index (χ1) is 11.6. The Morgan fingerprint density at radius 1 is 1.21 bits per heavy atom. The van der Waals surface area contributed by atoms with Crippen LogP contribution in [0.1, 0.15) is 6.42 Å². The largest absolute Gasteiger partial charge is 0.484 e. The molecule has 1 aromatic heterocycles. The van der Waals surface area contributed by atoms with Crippen LogP contribution in [-0.2, 0) is 11.3 Å². The number of nitrogens with zero attached hydrogens (tertiary/aromatic N) is 2. The number of hydrogen-bond acceptors (Lipinski definition) is 4. The van der Waals surface area contributed by atoms with Crippen molar-refractivity contribution in [3.8, 4) is 5.75 Å². The fourth-order valence-corrected chi connectivity index (χ4v) is 2.03. The van der Waals surface area contributed by atoms with Crippen LogP contribution in [0.3, 0.4) is 0 Å². The highest BCUT2D eigenvalue weighted by Gasteiger charge is 2.05. The van der Waals surface area contributed by atoms with Crippen LogP contribution in [0, 0.1) is 0 Å². The average Bonchev–Trinajstić information content (AvgIpc) is 3.10. The van der Waals surface area contributed by atoms with E-state index < -0.39 is 11.9 Å². The Kier molecular flexibility index (Phi) is 7.09. The maximum Gasteiger partial charge on any atom is 0.333 e. The van der Waals surface area contributed by atoms with Crippen molar-refractivity contribution >= 4 is 27.9 Å². The maximum atomic E-state index is 11.6. The van der Waals surface area contributed by atoms with E-state index in [1.807, 2.05) is 22.9 Å². The standard InChI is InChI=1S/C15H18BrN5O3/c16-12-2-4-13(5-3-12)24-10-14(22)19-20-15(23)18-6-1-8-21-9-7-17-11-21/h2-5,7,9,11H,1,6,8,10H2,(H,19,22)(H2,18,20,23). The molecule has 0 bridgehead atoms.